The number of ether oxygens (including phenoxy) is 2. The molecule has 0 N–H and O–H groups in total. The summed E-state index contributed by atoms with van der Waals surface area (Å²) < 4.78 is 23.8. The zero-order chi connectivity index (χ0) is 14.5. The van der Waals surface area contributed by atoms with Crippen molar-refractivity contribution in [1.29, 1.82) is 0 Å². The quantitative estimate of drug-likeness (QED) is 0.785. The molecule has 104 valence electrons. The highest BCUT2D eigenvalue weighted by atomic mass is 35.5. The number of benzene rings is 2. The van der Waals surface area contributed by atoms with E-state index in [1.54, 1.807) is 18.2 Å². The number of aldehydes is 1. The molecule has 2 aromatic rings. The Morgan fingerprint density at radius 2 is 2.00 bits per heavy atom. The lowest BCUT2D eigenvalue weighted by Crippen LogP contribution is -1.99. The van der Waals surface area contributed by atoms with Gasteiger partial charge < -0.3 is 9.47 Å². The van der Waals surface area contributed by atoms with Gasteiger partial charge in [0.15, 0.2) is 11.5 Å². The SMILES string of the molecule is COc1cc(C=O)ccc1OCc1cc(F)ccc1Cl. The van der Waals surface area contributed by atoms with Crippen molar-refractivity contribution >= 4 is 17.9 Å². The van der Waals surface area contributed by atoms with Crippen LogP contribution in [0.25, 0.3) is 0 Å². The smallest absolute Gasteiger partial charge is 0.161 e. The van der Waals surface area contributed by atoms with E-state index in [1.807, 2.05) is 0 Å². The lowest BCUT2D eigenvalue weighted by Gasteiger charge is -2.12. The van der Waals surface area contributed by atoms with E-state index in [9.17, 15) is 9.18 Å². The standard InChI is InChI=1S/C15H12ClFO3/c1-19-15-6-10(8-18)2-5-14(15)20-9-11-7-12(17)3-4-13(11)16/h2-8H,9H2,1H3. The Morgan fingerprint density at radius 1 is 1.20 bits per heavy atom. The van der Waals surface area contributed by atoms with E-state index in [-0.39, 0.29) is 12.4 Å². The first-order valence-electron chi connectivity index (χ1n) is 5.84. The van der Waals surface area contributed by atoms with Gasteiger partial charge in [0.25, 0.3) is 0 Å². The first kappa shape index (κ1) is 14.3. The van der Waals surface area contributed by atoms with E-state index in [0.29, 0.717) is 27.6 Å². The largest absolute Gasteiger partial charge is 0.493 e. The highest BCUT2D eigenvalue weighted by molar-refractivity contribution is 6.31. The van der Waals surface area contributed by atoms with E-state index in [0.717, 1.165) is 6.29 Å². The van der Waals surface area contributed by atoms with Crippen molar-refractivity contribution in [2.45, 2.75) is 6.61 Å². The Morgan fingerprint density at radius 3 is 2.70 bits per heavy atom. The lowest BCUT2D eigenvalue weighted by atomic mass is 10.2. The van der Waals surface area contributed by atoms with Gasteiger partial charge in [0.2, 0.25) is 0 Å². The van der Waals surface area contributed by atoms with Crippen molar-refractivity contribution in [3.8, 4) is 11.5 Å². The summed E-state index contributed by atoms with van der Waals surface area (Å²) in [5.41, 5.74) is 1.02. The van der Waals surface area contributed by atoms with Crippen LogP contribution in [0.15, 0.2) is 36.4 Å². The molecule has 0 heterocycles. The van der Waals surface area contributed by atoms with E-state index in [4.69, 9.17) is 21.1 Å². The highest BCUT2D eigenvalue weighted by Crippen LogP contribution is 2.29. The molecule has 0 radical (unpaired) electrons. The molecule has 20 heavy (non-hydrogen) atoms. The Labute approximate surface area is 120 Å². The zero-order valence-electron chi connectivity index (χ0n) is 10.7. The van der Waals surface area contributed by atoms with Crippen LogP contribution >= 0.6 is 11.6 Å². The molecule has 0 fully saturated rings. The van der Waals surface area contributed by atoms with Crippen LogP contribution in [0.1, 0.15) is 15.9 Å². The van der Waals surface area contributed by atoms with Gasteiger partial charge in [-0.05, 0) is 36.4 Å². The molecule has 0 atom stereocenters. The Hall–Kier alpha value is -2.07. The van der Waals surface area contributed by atoms with Gasteiger partial charge in [0.05, 0.1) is 7.11 Å². The van der Waals surface area contributed by atoms with Gasteiger partial charge in [-0.25, -0.2) is 4.39 Å². The minimum Gasteiger partial charge on any atom is -0.493 e. The molecule has 0 aromatic heterocycles. The minimum atomic E-state index is -0.378. The molecule has 0 saturated carbocycles. The van der Waals surface area contributed by atoms with E-state index in [2.05, 4.69) is 0 Å². The molecule has 0 saturated heterocycles. The first-order chi connectivity index (χ1) is 9.63. The van der Waals surface area contributed by atoms with Crippen LogP contribution < -0.4 is 9.47 Å². The first-order valence-corrected chi connectivity index (χ1v) is 6.22. The normalized spacial score (nSPS) is 10.2. The summed E-state index contributed by atoms with van der Waals surface area (Å²) in [5, 5.41) is 0.426. The van der Waals surface area contributed by atoms with Crippen LogP contribution in [0.4, 0.5) is 4.39 Å². The van der Waals surface area contributed by atoms with Crippen LogP contribution in [-0.2, 0) is 6.61 Å². The number of carbonyl (C=O) groups excluding carboxylic acids is 1. The van der Waals surface area contributed by atoms with Gasteiger partial charge in [0.1, 0.15) is 18.7 Å². The third-order valence-corrected chi connectivity index (χ3v) is 3.08. The van der Waals surface area contributed by atoms with Crippen molar-refractivity contribution in [2.24, 2.45) is 0 Å². The molecule has 0 amide bonds. The summed E-state index contributed by atoms with van der Waals surface area (Å²) in [6, 6.07) is 8.87. The summed E-state index contributed by atoms with van der Waals surface area (Å²) in [6.07, 6.45) is 0.718. The molecule has 0 unspecified atom stereocenters. The van der Waals surface area contributed by atoms with Crippen molar-refractivity contribution in [1.82, 2.24) is 0 Å². The third kappa shape index (κ3) is 3.27. The number of hydrogen-bond donors (Lipinski definition) is 0. The topological polar surface area (TPSA) is 35.5 Å². The monoisotopic (exact) mass is 294 g/mol. The zero-order valence-corrected chi connectivity index (χ0v) is 11.5. The molecular formula is C15H12ClFO3. The average Bonchev–Trinajstić information content (AvgIpc) is 2.48. The Kier molecular flexibility index (Phi) is 4.58. The second kappa shape index (κ2) is 6.39. The molecule has 0 aliphatic rings. The van der Waals surface area contributed by atoms with Gasteiger partial charge in [0, 0.05) is 16.1 Å². The summed E-state index contributed by atoms with van der Waals surface area (Å²) in [6.45, 7) is 0.105. The van der Waals surface area contributed by atoms with Crippen LogP contribution in [-0.4, -0.2) is 13.4 Å². The van der Waals surface area contributed by atoms with Crippen molar-refractivity contribution in [3.05, 3.63) is 58.4 Å². The van der Waals surface area contributed by atoms with Crippen LogP contribution in [0.3, 0.4) is 0 Å². The van der Waals surface area contributed by atoms with E-state index >= 15 is 0 Å². The van der Waals surface area contributed by atoms with Gasteiger partial charge in [-0.1, -0.05) is 11.6 Å². The van der Waals surface area contributed by atoms with E-state index < -0.39 is 0 Å². The van der Waals surface area contributed by atoms with Crippen molar-refractivity contribution < 1.29 is 18.7 Å². The molecular weight excluding hydrogens is 283 g/mol. The fourth-order valence-corrected chi connectivity index (χ4v) is 1.86. The summed E-state index contributed by atoms with van der Waals surface area (Å²) in [5.74, 6) is 0.511. The van der Waals surface area contributed by atoms with Gasteiger partial charge in [-0.2, -0.15) is 0 Å². The molecule has 0 aliphatic heterocycles. The van der Waals surface area contributed by atoms with Crippen molar-refractivity contribution in [3.63, 3.8) is 0 Å². The Balaban J connectivity index is 2.18. The average molecular weight is 295 g/mol. The third-order valence-electron chi connectivity index (χ3n) is 2.71. The van der Waals surface area contributed by atoms with Gasteiger partial charge >= 0.3 is 0 Å². The maximum Gasteiger partial charge on any atom is 0.161 e. The summed E-state index contributed by atoms with van der Waals surface area (Å²) in [7, 11) is 1.48. The van der Waals surface area contributed by atoms with Crippen LogP contribution in [0, 0.1) is 5.82 Å². The van der Waals surface area contributed by atoms with Crippen LogP contribution in [0.5, 0.6) is 11.5 Å². The second-order valence-corrected chi connectivity index (χ2v) is 4.46. The lowest BCUT2D eigenvalue weighted by molar-refractivity contribution is 0.112. The molecule has 2 aromatic carbocycles. The van der Waals surface area contributed by atoms with Crippen LogP contribution in [0.2, 0.25) is 5.02 Å². The summed E-state index contributed by atoms with van der Waals surface area (Å²) in [4.78, 5) is 10.7. The molecule has 0 bridgehead atoms. The Bertz CT molecular complexity index is 629. The molecule has 5 heteroatoms. The fraction of sp³-hybridized carbons (Fsp3) is 0.133. The molecule has 3 nitrogen and oxygen atoms in total. The predicted molar refractivity (Wildman–Crippen MR) is 74.1 cm³/mol. The summed E-state index contributed by atoms with van der Waals surface area (Å²) >= 11 is 5.96. The number of halogens is 2. The number of hydrogen-bond acceptors (Lipinski definition) is 3. The van der Waals surface area contributed by atoms with Gasteiger partial charge in [-0.15, -0.1) is 0 Å². The second-order valence-electron chi connectivity index (χ2n) is 4.05. The highest BCUT2D eigenvalue weighted by Gasteiger charge is 2.08. The fourth-order valence-electron chi connectivity index (χ4n) is 1.69. The predicted octanol–water partition coefficient (Wildman–Crippen LogP) is 3.88. The number of methoxy groups -OCH3 is 1. The maximum absolute atomic E-state index is 13.1. The minimum absolute atomic E-state index is 0.105. The van der Waals surface area contributed by atoms with Crippen molar-refractivity contribution in [2.75, 3.05) is 7.11 Å². The maximum atomic E-state index is 13.1. The number of carbonyl (C=O) groups is 1. The molecule has 0 aliphatic carbocycles. The van der Waals surface area contributed by atoms with E-state index in [1.165, 1.54) is 25.3 Å². The van der Waals surface area contributed by atoms with Gasteiger partial charge in [-0.3, -0.25) is 4.79 Å². The number of rotatable bonds is 5. The molecule has 2 rings (SSSR count). The molecule has 0 spiro atoms.